The molecule has 3 N–H and O–H groups in total. The maximum Gasteiger partial charge on any atom is 0.224 e. The third-order valence-corrected chi connectivity index (χ3v) is 3.31. The van der Waals surface area contributed by atoms with Crippen molar-refractivity contribution >= 4 is 23.1 Å². The molecule has 5 nitrogen and oxygen atoms in total. The fourth-order valence-electron chi connectivity index (χ4n) is 1.94. The molecule has 0 spiro atoms. The summed E-state index contributed by atoms with van der Waals surface area (Å²) in [6.45, 7) is 1.50. The minimum atomic E-state index is 0.0173. The number of hydrogen-bond donors (Lipinski definition) is 2. The zero-order valence-corrected chi connectivity index (χ0v) is 12.5. The molecule has 0 unspecified atom stereocenters. The van der Waals surface area contributed by atoms with E-state index < -0.39 is 0 Å². The third kappa shape index (κ3) is 5.00. The second-order valence-corrected chi connectivity index (χ2v) is 5.18. The summed E-state index contributed by atoms with van der Waals surface area (Å²) in [6.07, 6.45) is 6.66. The van der Waals surface area contributed by atoms with Gasteiger partial charge in [0.2, 0.25) is 5.91 Å². The number of carbonyl (C=O) groups excluding carboxylic acids is 1. The second kappa shape index (κ2) is 7.54. The van der Waals surface area contributed by atoms with Crippen LogP contribution in [0.3, 0.4) is 0 Å². The molecule has 0 atom stereocenters. The smallest absolute Gasteiger partial charge is 0.224 e. The van der Waals surface area contributed by atoms with E-state index >= 15 is 0 Å². The lowest BCUT2D eigenvalue weighted by Gasteiger charge is -2.06. The Morgan fingerprint density at radius 1 is 1.33 bits per heavy atom. The van der Waals surface area contributed by atoms with Crippen molar-refractivity contribution in [3.8, 4) is 0 Å². The van der Waals surface area contributed by atoms with E-state index in [9.17, 15) is 4.79 Å². The highest BCUT2D eigenvalue weighted by Crippen LogP contribution is 2.05. The van der Waals surface area contributed by atoms with Crippen molar-refractivity contribution in [1.82, 2.24) is 14.9 Å². The lowest BCUT2D eigenvalue weighted by molar-refractivity contribution is -0.120. The summed E-state index contributed by atoms with van der Waals surface area (Å²) in [4.78, 5) is 16.1. The van der Waals surface area contributed by atoms with Crippen molar-refractivity contribution in [2.24, 2.45) is 5.73 Å². The standard InChI is InChI=1S/C15H18N4OS/c16-15(21)13-4-2-12(3-5-13)10-14(20)18-6-1-8-19-9-7-17-11-19/h2-5,7,9,11H,1,6,8,10H2,(H2,16,21)(H,18,20). The second-order valence-electron chi connectivity index (χ2n) is 4.74. The SMILES string of the molecule is NC(=S)c1ccc(CC(=O)NCCCn2ccnc2)cc1. The molecule has 0 aliphatic carbocycles. The number of imidazole rings is 1. The number of rotatable bonds is 7. The molecule has 1 amide bonds. The van der Waals surface area contributed by atoms with E-state index in [0.717, 1.165) is 24.1 Å². The molecule has 1 aromatic carbocycles. The molecule has 0 saturated carbocycles. The van der Waals surface area contributed by atoms with Crippen LogP contribution in [0, 0.1) is 0 Å². The van der Waals surface area contributed by atoms with Crippen LogP contribution in [0.4, 0.5) is 0 Å². The summed E-state index contributed by atoms with van der Waals surface area (Å²) in [6, 6.07) is 7.42. The van der Waals surface area contributed by atoms with Gasteiger partial charge < -0.3 is 15.6 Å². The predicted octanol–water partition coefficient (Wildman–Crippen LogP) is 1.27. The monoisotopic (exact) mass is 302 g/mol. The van der Waals surface area contributed by atoms with Crippen molar-refractivity contribution < 1.29 is 4.79 Å². The van der Waals surface area contributed by atoms with E-state index in [-0.39, 0.29) is 5.91 Å². The largest absolute Gasteiger partial charge is 0.389 e. The molecule has 1 heterocycles. The lowest BCUT2D eigenvalue weighted by atomic mass is 10.1. The number of benzene rings is 1. The molecule has 110 valence electrons. The van der Waals surface area contributed by atoms with E-state index in [1.807, 2.05) is 35.0 Å². The van der Waals surface area contributed by atoms with Crippen molar-refractivity contribution in [1.29, 1.82) is 0 Å². The maximum atomic E-state index is 11.8. The van der Waals surface area contributed by atoms with Crippen LogP contribution in [-0.2, 0) is 17.8 Å². The van der Waals surface area contributed by atoms with Crippen LogP contribution < -0.4 is 11.1 Å². The van der Waals surface area contributed by atoms with E-state index in [1.165, 1.54) is 0 Å². The van der Waals surface area contributed by atoms with Crippen molar-refractivity contribution in [3.63, 3.8) is 0 Å². The number of nitrogens with two attached hydrogens (primary N) is 1. The Kier molecular flexibility index (Phi) is 5.45. The molecular weight excluding hydrogens is 284 g/mol. The Morgan fingerprint density at radius 3 is 2.71 bits per heavy atom. The molecule has 0 fully saturated rings. The van der Waals surface area contributed by atoms with E-state index in [0.29, 0.717) is 18.0 Å². The van der Waals surface area contributed by atoms with Gasteiger partial charge in [-0.1, -0.05) is 36.5 Å². The summed E-state index contributed by atoms with van der Waals surface area (Å²) >= 11 is 4.89. The molecule has 0 saturated heterocycles. The van der Waals surface area contributed by atoms with Gasteiger partial charge in [-0.15, -0.1) is 0 Å². The van der Waals surface area contributed by atoms with Gasteiger partial charge >= 0.3 is 0 Å². The zero-order valence-electron chi connectivity index (χ0n) is 11.7. The normalized spacial score (nSPS) is 10.3. The van der Waals surface area contributed by atoms with Crippen molar-refractivity contribution in [2.75, 3.05) is 6.54 Å². The van der Waals surface area contributed by atoms with Crippen LogP contribution in [0.1, 0.15) is 17.5 Å². The number of aryl methyl sites for hydroxylation is 1. The Balaban J connectivity index is 1.70. The highest BCUT2D eigenvalue weighted by atomic mass is 32.1. The quantitative estimate of drug-likeness (QED) is 0.597. The number of carbonyl (C=O) groups is 1. The molecular formula is C15H18N4OS. The predicted molar refractivity (Wildman–Crippen MR) is 85.9 cm³/mol. The first-order valence-electron chi connectivity index (χ1n) is 6.76. The summed E-state index contributed by atoms with van der Waals surface area (Å²) in [5, 5.41) is 2.91. The van der Waals surface area contributed by atoms with Crippen LogP contribution >= 0.6 is 12.2 Å². The van der Waals surface area contributed by atoms with Crippen LogP contribution in [0.5, 0.6) is 0 Å². The topological polar surface area (TPSA) is 72.9 Å². The Hall–Kier alpha value is -2.21. The molecule has 21 heavy (non-hydrogen) atoms. The molecule has 0 bridgehead atoms. The highest BCUT2D eigenvalue weighted by Gasteiger charge is 2.03. The van der Waals surface area contributed by atoms with Gasteiger partial charge in [0.1, 0.15) is 4.99 Å². The fourth-order valence-corrected chi connectivity index (χ4v) is 2.08. The number of thiocarbonyl (C=S) groups is 1. The average molecular weight is 302 g/mol. The minimum Gasteiger partial charge on any atom is -0.389 e. The van der Waals surface area contributed by atoms with Gasteiger partial charge in [-0.2, -0.15) is 0 Å². The maximum absolute atomic E-state index is 11.8. The third-order valence-electron chi connectivity index (χ3n) is 3.08. The van der Waals surface area contributed by atoms with Gasteiger partial charge in [0.15, 0.2) is 0 Å². The Bertz CT molecular complexity index is 593. The highest BCUT2D eigenvalue weighted by molar-refractivity contribution is 7.80. The number of aromatic nitrogens is 2. The van der Waals surface area contributed by atoms with Crippen LogP contribution in [0.25, 0.3) is 0 Å². The average Bonchev–Trinajstić information content (AvgIpc) is 2.97. The molecule has 6 heteroatoms. The molecule has 2 aromatic rings. The van der Waals surface area contributed by atoms with Crippen LogP contribution in [0.2, 0.25) is 0 Å². The van der Waals surface area contributed by atoms with Gasteiger partial charge in [-0.3, -0.25) is 4.79 Å². The van der Waals surface area contributed by atoms with E-state index in [1.54, 1.807) is 12.5 Å². The number of nitrogens with zero attached hydrogens (tertiary/aromatic N) is 2. The Labute approximate surface area is 129 Å². The molecule has 0 aliphatic rings. The number of nitrogens with one attached hydrogen (secondary N) is 1. The van der Waals surface area contributed by atoms with Crippen molar-refractivity contribution in [2.45, 2.75) is 19.4 Å². The first-order chi connectivity index (χ1) is 10.1. The molecule has 0 aliphatic heterocycles. The fraction of sp³-hybridized carbons (Fsp3) is 0.267. The van der Waals surface area contributed by atoms with Gasteiger partial charge in [0, 0.05) is 31.0 Å². The first-order valence-corrected chi connectivity index (χ1v) is 7.17. The first kappa shape index (κ1) is 15.2. The van der Waals surface area contributed by atoms with E-state index in [4.69, 9.17) is 18.0 Å². The number of amides is 1. The van der Waals surface area contributed by atoms with Gasteiger partial charge in [0.05, 0.1) is 12.7 Å². The van der Waals surface area contributed by atoms with Gasteiger partial charge in [-0.05, 0) is 12.0 Å². The minimum absolute atomic E-state index is 0.0173. The lowest BCUT2D eigenvalue weighted by Crippen LogP contribution is -2.26. The van der Waals surface area contributed by atoms with E-state index in [2.05, 4.69) is 10.3 Å². The van der Waals surface area contributed by atoms with Gasteiger partial charge in [-0.25, -0.2) is 4.98 Å². The van der Waals surface area contributed by atoms with Crippen LogP contribution in [0.15, 0.2) is 43.0 Å². The molecule has 1 aromatic heterocycles. The summed E-state index contributed by atoms with van der Waals surface area (Å²) in [7, 11) is 0. The Morgan fingerprint density at radius 2 is 2.10 bits per heavy atom. The molecule has 2 rings (SSSR count). The summed E-state index contributed by atoms with van der Waals surface area (Å²) in [5.41, 5.74) is 7.29. The molecule has 0 radical (unpaired) electrons. The van der Waals surface area contributed by atoms with Crippen LogP contribution in [-0.4, -0.2) is 27.0 Å². The number of hydrogen-bond acceptors (Lipinski definition) is 3. The summed E-state index contributed by atoms with van der Waals surface area (Å²) in [5.74, 6) is 0.0173. The zero-order chi connectivity index (χ0) is 15.1. The summed E-state index contributed by atoms with van der Waals surface area (Å²) < 4.78 is 1.99. The van der Waals surface area contributed by atoms with Gasteiger partial charge in [0.25, 0.3) is 0 Å². The van der Waals surface area contributed by atoms with Crippen molar-refractivity contribution in [3.05, 3.63) is 54.1 Å².